The Morgan fingerprint density at radius 1 is 1.05 bits per heavy atom. The summed E-state index contributed by atoms with van der Waals surface area (Å²) < 4.78 is 5.79. The number of thiocarbonyl (C=S) groups is 1. The molecule has 0 radical (unpaired) electrons. The summed E-state index contributed by atoms with van der Waals surface area (Å²) in [5.41, 5.74) is 5.88. The van der Waals surface area contributed by atoms with Crippen molar-refractivity contribution in [3.05, 3.63) is 99.7 Å². The van der Waals surface area contributed by atoms with Crippen LogP contribution < -0.4 is 10.6 Å². The molecule has 0 fully saturated rings. The van der Waals surface area contributed by atoms with Crippen molar-refractivity contribution in [1.29, 1.82) is 0 Å². The second-order valence-corrected chi connectivity index (χ2v) is 9.94. The Morgan fingerprint density at radius 2 is 1.79 bits per heavy atom. The van der Waals surface area contributed by atoms with E-state index in [0.717, 1.165) is 28.9 Å². The summed E-state index contributed by atoms with van der Waals surface area (Å²) in [5.74, 6) is 0.607. The Hall–Kier alpha value is -3.98. The van der Waals surface area contributed by atoms with Crippen molar-refractivity contribution >= 4 is 69.2 Å². The molecule has 3 aromatic carbocycles. The number of aryl methyl sites for hydroxylation is 2. The third kappa shape index (κ3) is 6.04. The summed E-state index contributed by atoms with van der Waals surface area (Å²) in [6.45, 7) is 4.05. The fourth-order valence-electron chi connectivity index (χ4n) is 3.93. The molecule has 2 N–H and O–H groups in total. The van der Waals surface area contributed by atoms with E-state index in [4.69, 9.17) is 39.8 Å². The summed E-state index contributed by atoms with van der Waals surface area (Å²) in [7, 11) is 0. The fraction of sp³-hybridized carbons (Fsp3) is 0.103. The van der Waals surface area contributed by atoms with Crippen molar-refractivity contribution in [3.8, 4) is 17.0 Å². The molecule has 1 amide bonds. The lowest BCUT2D eigenvalue weighted by molar-refractivity contribution is -0.115. The lowest BCUT2D eigenvalue weighted by atomic mass is 10.2. The minimum absolute atomic E-state index is 0.153. The topological polar surface area (TPSA) is 85.0 Å². The number of hydrogen-bond donors (Lipinski definition) is 2. The van der Waals surface area contributed by atoms with E-state index in [1.165, 1.54) is 11.6 Å². The number of rotatable bonds is 6. The van der Waals surface area contributed by atoms with Crippen LogP contribution in [0.5, 0.6) is 0 Å². The predicted molar refractivity (Wildman–Crippen MR) is 161 cm³/mol. The van der Waals surface area contributed by atoms with Gasteiger partial charge in [-0.1, -0.05) is 48.3 Å². The number of carbonyl (C=O) groups is 1. The van der Waals surface area contributed by atoms with Gasteiger partial charge in [-0.2, -0.15) is 4.80 Å². The van der Waals surface area contributed by atoms with Gasteiger partial charge in [0.2, 0.25) is 5.91 Å². The highest BCUT2D eigenvalue weighted by Gasteiger charge is 2.12. The van der Waals surface area contributed by atoms with Crippen LogP contribution in [0.15, 0.2) is 77.2 Å². The molecule has 7 nitrogen and oxygen atoms in total. The molecule has 0 spiro atoms. The molecule has 0 saturated heterocycles. The monoisotopic (exact) mass is 575 g/mol. The number of furan rings is 1. The normalized spacial score (nSPS) is 11.3. The number of carbonyl (C=O) groups excluding carboxylic acids is 1. The van der Waals surface area contributed by atoms with Gasteiger partial charge >= 0.3 is 0 Å². The molecule has 0 aliphatic heterocycles. The Labute approximate surface area is 240 Å². The van der Waals surface area contributed by atoms with Crippen molar-refractivity contribution in [2.45, 2.75) is 20.3 Å². The molecular weight excluding hydrogens is 553 g/mol. The zero-order valence-electron chi connectivity index (χ0n) is 21.0. The second kappa shape index (κ2) is 11.4. The van der Waals surface area contributed by atoms with E-state index >= 15 is 0 Å². The number of fused-ring (bicyclic) bond motifs is 1. The molecule has 0 saturated carbocycles. The summed E-state index contributed by atoms with van der Waals surface area (Å²) in [6.07, 6.45) is 3.85. The lowest BCUT2D eigenvalue weighted by Crippen LogP contribution is -2.33. The predicted octanol–water partition coefficient (Wildman–Crippen LogP) is 7.38. The molecule has 0 aliphatic rings. The molecule has 0 atom stereocenters. The number of benzene rings is 3. The maximum atomic E-state index is 12.5. The van der Waals surface area contributed by atoms with Crippen molar-refractivity contribution in [3.63, 3.8) is 0 Å². The van der Waals surface area contributed by atoms with Gasteiger partial charge < -0.3 is 9.73 Å². The Balaban J connectivity index is 1.23. The summed E-state index contributed by atoms with van der Waals surface area (Å²) in [4.78, 5) is 14.1. The van der Waals surface area contributed by atoms with E-state index in [0.29, 0.717) is 32.6 Å². The van der Waals surface area contributed by atoms with Crippen LogP contribution in [0.3, 0.4) is 0 Å². The van der Waals surface area contributed by atoms with E-state index < -0.39 is 5.91 Å². The number of nitrogens with one attached hydrogen (secondary N) is 2. The van der Waals surface area contributed by atoms with Crippen LogP contribution >= 0.6 is 35.4 Å². The maximum absolute atomic E-state index is 12.5. The van der Waals surface area contributed by atoms with E-state index in [1.54, 1.807) is 41.2 Å². The first-order chi connectivity index (χ1) is 18.8. The summed E-state index contributed by atoms with van der Waals surface area (Å²) in [6, 6.07) is 20.7. The van der Waals surface area contributed by atoms with Gasteiger partial charge in [-0.15, -0.1) is 10.2 Å². The minimum Gasteiger partial charge on any atom is -0.457 e. The van der Waals surface area contributed by atoms with Crippen molar-refractivity contribution in [1.82, 2.24) is 20.3 Å². The standard InChI is InChI=1S/C29H23Cl2N5O2S/c1-3-18-7-9-19(10-8-18)36-34-24-15-17(2)23(16-25(24)35-36)32-29(39)33-27(37)14-12-20-11-13-26(38-20)21-5-4-6-22(30)28(21)31/h4-16H,3H2,1-2H3,(H2,32,33,37,39). The van der Waals surface area contributed by atoms with Crippen LogP contribution in [0.2, 0.25) is 10.0 Å². The zero-order valence-corrected chi connectivity index (χ0v) is 23.4. The highest BCUT2D eigenvalue weighted by Crippen LogP contribution is 2.34. The molecule has 10 heteroatoms. The van der Waals surface area contributed by atoms with Crippen molar-refractivity contribution < 1.29 is 9.21 Å². The quantitative estimate of drug-likeness (QED) is 0.162. The molecule has 0 aliphatic carbocycles. The van der Waals surface area contributed by atoms with Gasteiger partial charge in [-0.3, -0.25) is 10.1 Å². The average molecular weight is 577 g/mol. The number of amides is 1. The lowest BCUT2D eigenvalue weighted by Gasteiger charge is -2.10. The van der Waals surface area contributed by atoms with E-state index in [2.05, 4.69) is 39.9 Å². The van der Waals surface area contributed by atoms with Gasteiger partial charge in [0.25, 0.3) is 0 Å². The van der Waals surface area contributed by atoms with E-state index in [-0.39, 0.29) is 5.11 Å². The summed E-state index contributed by atoms with van der Waals surface area (Å²) in [5, 5.41) is 15.9. The van der Waals surface area contributed by atoms with E-state index in [9.17, 15) is 4.79 Å². The fourth-order valence-corrected chi connectivity index (χ4v) is 4.53. The van der Waals surface area contributed by atoms with Crippen LogP contribution in [0.25, 0.3) is 34.1 Å². The summed E-state index contributed by atoms with van der Waals surface area (Å²) >= 11 is 17.7. The third-order valence-corrected chi connectivity index (χ3v) is 7.05. The Bertz CT molecular complexity index is 1720. The second-order valence-electron chi connectivity index (χ2n) is 8.75. The van der Waals surface area contributed by atoms with Crippen LogP contribution in [0.4, 0.5) is 5.69 Å². The van der Waals surface area contributed by atoms with E-state index in [1.807, 2.05) is 31.2 Å². The first kappa shape index (κ1) is 26.6. The third-order valence-electron chi connectivity index (χ3n) is 6.03. The first-order valence-corrected chi connectivity index (χ1v) is 13.3. The molecular formula is C29H23Cl2N5O2S. The molecule has 5 rings (SSSR count). The van der Waals surface area contributed by atoms with Crippen LogP contribution in [-0.4, -0.2) is 26.0 Å². The largest absolute Gasteiger partial charge is 0.457 e. The number of halogens is 2. The van der Waals surface area contributed by atoms with Crippen LogP contribution in [0.1, 0.15) is 23.8 Å². The highest BCUT2D eigenvalue weighted by atomic mass is 35.5. The van der Waals surface area contributed by atoms with Crippen LogP contribution in [0, 0.1) is 6.92 Å². The van der Waals surface area contributed by atoms with Gasteiger partial charge in [0, 0.05) is 17.3 Å². The smallest absolute Gasteiger partial charge is 0.250 e. The first-order valence-electron chi connectivity index (χ1n) is 12.1. The molecule has 0 bridgehead atoms. The maximum Gasteiger partial charge on any atom is 0.250 e. The molecule has 2 aromatic heterocycles. The molecule has 196 valence electrons. The van der Waals surface area contributed by atoms with Gasteiger partial charge in [0.1, 0.15) is 22.6 Å². The van der Waals surface area contributed by atoms with Crippen molar-refractivity contribution in [2.24, 2.45) is 0 Å². The minimum atomic E-state index is -0.411. The van der Waals surface area contributed by atoms with Crippen LogP contribution in [-0.2, 0) is 11.2 Å². The van der Waals surface area contributed by atoms with Gasteiger partial charge in [-0.25, -0.2) is 0 Å². The van der Waals surface area contributed by atoms with Crippen molar-refractivity contribution in [2.75, 3.05) is 5.32 Å². The van der Waals surface area contributed by atoms with Gasteiger partial charge in [0.15, 0.2) is 5.11 Å². The van der Waals surface area contributed by atoms with Gasteiger partial charge in [0.05, 0.1) is 15.7 Å². The number of nitrogens with zero attached hydrogens (tertiary/aromatic N) is 3. The van der Waals surface area contributed by atoms with Gasteiger partial charge in [-0.05, 0) is 91.3 Å². The number of aromatic nitrogens is 3. The SMILES string of the molecule is CCc1ccc(-n2nc3cc(C)c(NC(=S)NC(=O)C=Cc4ccc(-c5cccc(Cl)c5Cl)o4)cc3n2)cc1. The zero-order chi connectivity index (χ0) is 27.5. The molecule has 0 unspecified atom stereocenters. The molecule has 39 heavy (non-hydrogen) atoms. The highest BCUT2D eigenvalue weighted by molar-refractivity contribution is 7.80. The average Bonchev–Trinajstić information content (AvgIpc) is 3.56. The molecule has 5 aromatic rings. The Kier molecular flexibility index (Phi) is 7.79. The number of anilines is 1. The number of hydrogen-bond acceptors (Lipinski definition) is 5. The molecule has 2 heterocycles. The Morgan fingerprint density at radius 3 is 2.54 bits per heavy atom.